The van der Waals surface area contributed by atoms with E-state index in [1.807, 2.05) is 27.7 Å². The van der Waals surface area contributed by atoms with Crippen LogP contribution in [0.2, 0.25) is 0 Å². The zero-order valence-corrected chi connectivity index (χ0v) is 7.89. The minimum atomic E-state index is 0.258. The van der Waals surface area contributed by atoms with Gasteiger partial charge >= 0.3 is 0 Å². The molecule has 0 saturated heterocycles. The molecule has 2 heteroatoms. The van der Waals surface area contributed by atoms with E-state index in [1.165, 1.54) is 12.4 Å². The van der Waals surface area contributed by atoms with Crippen molar-refractivity contribution in [3.8, 4) is 0 Å². The van der Waals surface area contributed by atoms with Crippen LogP contribution in [0, 0.1) is 11.3 Å². The molecule has 0 radical (unpaired) electrons. The van der Waals surface area contributed by atoms with Crippen LogP contribution in [0.3, 0.4) is 0 Å². The van der Waals surface area contributed by atoms with Crippen molar-refractivity contribution in [2.24, 2.45) is 10.9 Å². The first-order valence-electron chi connectivity index (χ1n) is 3.91. The van der Waals surface area contributed by atoms with Crippen molar-refractivity contribution in [1.82, 2.24) is 0 Å². The van der Waals surface area contributed by atoms with Gasteiger partial charge in [0.05, 0.1) is 5.71 Å². The molecule has 0 saturated carbocycles. The summed E-state index contributed by atoms with van der Waals surface area (Å²) >= 11 is 0. The molecule has 0 fully saturated rings. The van der Waals surface area contributed by atoms with Crippen molar-refractivity contribution in [1.29, 1.82) is 5.41 Å². The van der Waals surface area contributed by atoms with Crippen LogP contribution >= 0.6 is 0 Å². The molecule has 0 bridgehead atoms. The average Bonchev–Trinajstić information content (AvgIpc) is 2.03. The molecule has 0 aromatic rings. The van der Waals surface area contributed by atoms with Gasteiger partial charge in [-0.2, -0.15) is 0 Å². The summed E-state index contributed by atoms with van der Waals surface area (Å²) in [7, 11) is 0. The summed E-state index contributed by atoms with van der Waals surface area (Å²) in [6.07, 6.45) is 2.94. The Hall–Kier alpha value is -0.920. The Labute approximate surface area is 69.6 Å². The summed E-state index contributed by atoms with van der Waals surface area (Å²) in [6.45, 7) is 11.3. The Morgan fingerprint density at radius 1 is 1.45 bits per heavy atom. The van der Waals surface area contributed by atoms with E-state index in [4.69, 9.17) is 5.41 Å². The molecule has 0 aromatic heterocycles. The van der Waals surface area contributed by atoms with Crippen molar-refractivity contribution in [2.45, 2.75) is 27.7 Å². The minimum absolute atomic E-state index is 0.258. The van der Waals surface area contributed by atoms with Gasteiger partial charge in [-0.3, -0.25) is 4.99 Å². The van der Waals surface area contributed by atoms with Gasteiger partial charge in [-0.1, -0.05) is 34.3 Å². The maximum Gasteiger partial charge on any atom is 0.0521 e. The van der Waals surface area contributed by atoms with Gasteiger partial charge in [0, 0.05) is 12.4 Å². The highest BCUT2D eigenvalue weighted by molar-refractivity contribution is 6.29. The first-order chi connectivity index (χ1) is 5.18. The predicted octanol–water partition coefficient (Wildman–Crippen LogP) is 2.90. The van der Waals surface area contributed by atoms with Crippen LogP contribution in [0.15, 0.2) is 17.8 Å². The van der Waals surface area contributed by atoms with Gasteiger partial charge in [-0.15, -0.1) is 0 Å². The fourth-order valence-corrected chi connectivity index (χ4v) is 0.282. The number of aliphatic imine (C=N–C) groups is 1. The summed E-state index contributed by atoms with van der Waals surface area (Å²) in [6, 6.07) is 0. The van der Waals surface area contributed by atoms with E-state index in [2.05, 4.69) is 11.6 Å². The number of hydrogen-bond acceptors (Lipinski definition) is 2. The van der Waals surface area contributed by atoms with E-state index in [-0.39, 0.29) is 5.92 Å². The monoisotopic (exact) mass is 154 g/mol. The Balaban J connectivity index is 0. The lowest BCUT2D eigenvalue weighted by atomic mass is 10.1. The van der Waals surface area contributed by atoms with Gasteiger partial charge in [-0.05, 0) is 5.92 Å². The van der Waals surface area contributed by atoms with Gasteiger partial charge in [0.15, 0.2) is 0 Å². The van der Waals surface area contributed by atoms with E-state index in [1.54, 1.807) is 0 Å². The molecule has 0 aliphatic rings. The van der Waals surface area contributed by atoms with Gasteiger partial charge in [0.25, 0.3) is 0 Å². The molecule has 0 atom stereocenters. The fourth-order valence-electron chi connectivity index (χ4n) is 0.282. The van der Waals surface area contributed by atoms with Crippen LogP contribution in [0.4, 0.5) is 0 Å². The van der Waals surface area contributed by atoms with Crippen molar-refractivity contribution in [3.63, 3.8) is 0 Å². The average molecular weight is 154 g/mol. The van der Waals surface area contributed by atoms with E-state index >= 15 is 0 Å². The van der Waals surface area contributed by atoms with Crippen LogP contribution < -0.4 is 0 Å². The van der Waals surface area contributed by atoms with Gasteiger partial charge in [-0.25, -0.2) is 0 Å². The van der Waals surface area contributed by atoms with E-state index in [9.17, 15) is 0 Å². The maximum absolute atomic E-state index is 7.25. The molecule has 0 aliphatic carbocycles. The highest BCUT2D eigenvalue weighted by Crippen LogP contribution is 1.90. The first kappa shape index (κ1) is 12.7. The molecule has 11 heavy (non-hydrogen) atoms. The van der Waals surface area contributed by atoms with Crippen LogP contribution in [0.5, 0.6) is 0 Å². The van der Waals surface area contributed by atoms with Crippen LogP contribution in [0.1, 0.15) is 27.7 Å². The fraction of sp³-hybridized carbons (Fsp3) is 0.556. The first-order valence-corrected chi connectivity index (χ1v) is 3.91. The molecule has 0 amide bonds. The van der Waals surface area contributed by atoms with E-state index in [0.717, 1.165) is 0 Å². The highest BCUT2D eigenvalue weighted by atomic mass is 14.7. The standard InChI is InChI=1S/C7H12N2.C2H6/c1-4-9-5-7(8)6(2)3;1-2/h4-6,8H,1H2,2-3H3;1-2H3. The second kappa shape index (κ2) is 9.08. The quantitative estimate of drug-likeness (QED) is 0.607. The molecular weight excluding hydrogens is 136 g/mol. The summed E-state index contributed by atoms with van der Waals surface area (Å²) in [5.41, 5.74) is 0.537. The molecule has 64 valence electrons. The molecule has 2 nitrogen and oxygen atoms in total. The number of hydrogen-bond donors (Lipinski definition) is 1. The Bertz CT molecular complexity index is 134. The van der Waals surface area contributed by atoms with E-state index < -0.39 is 0 Å². The summed E-state index contributed by atoms with van der Waals surface area (Å²) in [4.78, 5) is 3.71. The number of nitrogens with zero attached hydrogens (tertiary/aromatic N) is 1. The van der Waals surface area contributed by atoms with Crippen molar-refractivity contribution < 1.29 is 0 Å². The molecule has 0 heterocycles. The van der Waals surface area contributed by atoms with Crippen molar-refractivity contribution in [3.05, 3.63) is 12.8 Å². The van der Waals surface area contributed by atoms with Crippen LogP contribution in [-0.4, -0.2) is 11.9 Å². The lowest BCUT2D eigenvalue weighted by molar-refractivity contribution is 0.889. The normalized spacial score (nSPS) is 9.18. The van der Waals surface area contributed by atoms with Crippen molar-refractivity contribution >= 4 is 11.9 Å². The molecule has 0 aliphatic heterocycles. The zero-order valence-electron chi connectivity index (χ0n) is 7.89. The predicted molar refractivity (Wildman–Crippen MR) is 52.6 cm³/mol. The molecule has 0 unspecified atom stereocenters. The highest BCUT2D eigenvalue weighted by Gasteiger charge is 1.95. The molecular formula is C9H18N2. The molecule has 1 N–H and O–H groups in total. The lowest BCUT2D eigenvalue weighted by Gasteiger charge is -1.97. The lowest BCUT2D eigenvalue weighted by Crippen LogP contribution is -2.05. The number of nitrogens with one attached hydrogen (secondary N) is 1. The Kier molecular flexibility index (Phi) is 10.5. The summed E-state index contributed by atoms with van der Waals surface area (Å²) in [5.74, 6) is 0.258. The third kappa shape index (κ3) is 9.08. The topological polar surface area (TPSA) is 36.2 Å². The number of rotatable bonds is 3. The van der Waals surface area contributed by atoms with Crippen molar-refractivity contribution in [2.75, 3.05) is 0 Å². The maximum atomic E-state index is 7.25. The van der Waals surface area contributed by atoms with Gasteiger partial charge in [0.1, 0.15) is 0 Å². The minimum Gasteiger partial charge on any atom is -0.303 e. The summed E-state index contributed by atoms with van der Waals surface area (Å²) < 4.78 is 0. The van der Waals surface area contributed by atoms with Gasteiger partial charge in [0.2, 0.25) is 0 Å². The third-order valence-electron chi connectivity index (χ3n) is 0.941. The zero-order chi connectivity index (χ0) is 9.28. The van der Waals surface area contributed by atoms with E-state index in [0.29, 0.717) is 5.71 Å². The molecule has 0 spiro atoms. The second-order valence-electron chi connectivity index (χ2n) is 2.07. The smallest absolute Gasteiger partial charge is 0.0521 e. The third-order valence-corrected chi connectivity index (χ3v) is 0.941. The SMILES string of the molecule is C=CN=CC(=N)C(C)C.CC. The molecule has 0 rings (SSSR count). The van der Waals surface area contributed by atoms with Gasteiger partial charge < -0.3 is 5.41 Å². The van der Waals surface area contributed by atoms with Crippen LogP contribution in [-0.2, 0) is 0 Å². The summed E-state index contributed by atoms with van der Waals surface area (Å²) in [5, 5.41) is 7.25. The second-order valence-corrected chi connectivity index (χ2v) is 2.07. The van der Waals surface area contributed by atoms with Crippen LogP contribution in [0.25, 0.3) is 0 Å². The largest absolute Gasteiger partial charge is 0.303 e. The molecule has 0 aromatic carbocycles. The Morgan fingerprint density at radius 2 is 1.91 bits per heavy atom. The Morgan fingerprint density at radius 3 is 2.18 bits per heavy atom.